The Morgan fingerprint density at radius 3 is 2.77 bits per heavy atom. The summed E-state index contributed by atoms with van der Waals surface area (Å²) in [7, 11) is 0. The van der Waals surface area contributed by atoms with Gasteiger partial charge in [0.05, 0.1) is 34.8 Å². The van der Waals surface area contributed by atoms with E-state index in [4.69, 9.17) is 0 Å². The fraction of sp³-hybridized carbons (Fsp3) is 0.333. The van der Waals surface area contributed by atoms with Gasteiger partial charge in [-0.3, -0.25) is 0 Å². The first-order valence-electron chi connectivity index (χ1n) is 9.36. The molecule has 9 nitrogen and oxygen atoms in total. The molecule has 0 saturated carbocycles. The monoisotopic (exact) mass is 496 g/mol. The number of nitrogens with zero attached hydrogens (tertiary/aromatic N) is 6. The smallest absolute Gasteiger partial charge is 0.379 e. The second-order valence-electron chi connectivity index (χ2n) is 7.33. The van der Waals surface area contributed by atoms with Crippen molar-refractivity contribution in [1.29, 1.82) is 0 Å². The number of imidazole rings is 1. The van der Waals surface area contributed by atoms with Crippen LogP contribution in [0.4, 0.5) is 25.1 Å². The van der Waals surface area contributed by atoms with E-state index in [0.717, 1.165) is 11.0 Å². The summed E-state index contributed by atoms with van der Waals surface area (Å²) >= 11 is 3.35. The van der Waals surface area contributed by atoms with Gasteiger partial charge in [-0.05, 0) is 28.1 Å². The molecule has 0 spiro atoms. The minimum absolute atomic E-state index is 0.0268. The first kappa shape index (κ1) is 20.0. The van der Waals surface area contributed by atoms with Gasteiger partial charge in [-0.2, -0.15) is 32.8 Å². The summed E-state index contributed by atoms with van der Waals surface area (Å²) in [6.07, 6.45) is -3.66. The number of anilines is 2. The molecule has 5 rings (SSSR count). The molecule has 1 aliphatic rings. The molecule has 0 radical (unpaired) electrons. The largest absolute Gasteiger partial charge is 0.419 e. The zero-order chi connectivity index (χ0) is 21.8. The van der Waals surface area contributed by atoms with Gasteiger partial charge in [0.25, 0.3) is 0 Å². The van der Waals surface area contributed by atoms with Gasteiger partial charge in [-0.15, -0.1) is 0 Å². The molecule has 1 aliphatic heterocycles. The van der Waals surface area contributed by atoms with E-state index >= 15 is 0 Å². The molecule has 0 bridgehead atoms. The Morgan fingerprint density at radius 2 is 2.03 bits per heavy atom. The van der Waals surface area contributed by atoms with Crippen molar-refractivity contribution >= 4 is 44.5 Å². The highest BCUT2D eigenvalue weighted by molar-refractivity contribution is 9.10. The molecule has 1 fully saturated rings. The quantitative estimate of drug-likeness (QED) is 0.398. The second kappa shape index (κ2) is 7.05. The topological polar surface area (TPSA) is 107 Å². The first-order valence-corrected chi connectivity index (χ1v) is 10.2. The summed E-state index contributed by atoms with van der Waals surface area (Å²) in [4.78, 5) is 17.7. The van der Waals surface area contributed by atoms with Gasteiger partial charge in [0.15, 0.2) is 11.2 Å². The highest BCUT2D eigenvalue weighted by atomic mass is 79.9. The Hall–Kier alpha value is -2.93. The Labute approximate surface area is 181 Å². The van der Waals surface area contributed by atoms with Crippen LogP contribution in [0.3, 0.4) is 0 Å². The fourth-order valence-corrected chi connectivity index (χ4v) is 3.89. The maximum atomic E-state index is 13.2. The number of halogens is 4. The number of aromatic amines is 1. The van der Waals surface area contributed by atoms with Crippen LogP contribution in [0.1, 0.15) is 12.2 Å². The highest BCUT2D eigenvalue weighted by Gasteiger charge is 2.57. The van der Waals surface area contributed by atoms with Gasteiger partial charge in [-0.1, -0.05) is 12.1 Å². The number of alkyl halides is 3. The lowest BCUT2D eigenvalue weighted by atomic mass is 10.0. The number of aliphatic hydroxyl groups is 1. The van der Waals surface area contributed by atoms with Crippen LogP contribution < -0.4 is 10.2 Å². The molecule has 1 unspecified atom stereocenters. The third kappa shape index (κ3) is 3.47. The van der Waals surface area contributed by atoms with E-state index in [-0.39, 0.29) is 25.0 Å². The minimum atomic E-state index is -4.73. The Bertz CT molecular complexity index is 1240. The maximum absolute atomic E-state index is 13.2. The molecule has 4 heterocycles. The van der Waals surface area contributed by atoms with Crippen molar-refractivity contribution in [1.82, 2.24) is 29.5 Å². The normalized spacial score (nSPS) is 19.6. The van der Waals surface area contributed by atoms with E-state index in [1.165, 1.54) is 15.6 Å². The molecule has 13 heteroatoms. The van der Waals surface area contributed by atoms with Crippen molar-refractivity contribution < 1.29 is 18.3 Å². The lowest BCUT2D eigenvalue weighted by molar-refractivity contribution is -0.250. The van der Waals surface area contributed by atoms with Crippen LogP contribution in [0.15, 0.2) is 34.9 Å². The van der Waals surface area contributed by atoms with Gasteiger partial charge < -0.3 is 20.3 Å². The SMILES string of the molecule is OC1(C(F)(F)F)CCN(c2nc(NCc3nc4ccccc4[nH]3)n3ncc(Br)c3n2)C1. The zero-order valence-electron chi connectivity index (χ0n) is 15.9. The molecule has 31 heavy (non-hydrogen) atoms. The van der Waals surface area contributed by atoms with Crippen molar-refractivity contribution in [2.45, 2.75) is 24.7 Å². The van der Waals surface area contributed by atoms with Gasteiger partial charge in [0.1, 0.15) is 5.82 Å². The zero-order valence-corrected chi connectivity index (χ0v) is 17.4. The van der Waals surface area contributed by atoms with E-state index in [9.17, 15) is 18.3 Å². The lowest BCUT2D eigenvalue weighted by Gasteiger charge is -2.26. The molecular formula is C18H16BrF3N8O. The van der Waals surface area contributed by atoms with Crippen molar-refractivity contribution in [2.75, 3.05) is 23.3 Å². The van der Waals surface area contributed by atoms with Crippen LogP contribution in [-0.4, -0.2) is 59.5 Å². The van der Waals surface area contributed by atoms with Gasteiger partial charge in [0, 0.05) is 13.0 Å². The molecule has 1 saturated heterocycles. The number of para-hydroxylation sites is 2. The number of hydrogen-bond donors (Lipinski definition) is 3. The molecule has 4 aromatic rings. The molecule has 1 atom stereocenters. The summed E-state index contributed by atoms with van der Waals surface area (Å²) in [6.45, 7) is -0.382. The van der Waals surface area contributed by atoms with Crippen LogP contribution in [0, 0.1) is 0 Å². The van der Waals surface area contributed by atoms with E-state index in [1.807, 2.05) is 24.3 Å². The summed E-state index contributed by atoms with van der Waals surface area (Å²) in [5.74, 6) is 1.02. The van der Waals surface area contributed by atoms with Crippen LogP contribution in [0.2, 0.25) is 0 Å². The molecule has 1 aromatic carbocycles. The third-order valence-electron chi connectivity index (χ3n) is 5.22. The average Bonchev–Trinajstić information content (AvgIpc) is 3.43. The number of nitrogens with one attached hydrogen (secondary N) is 2. The summed E-state index contributed by atoms with van der Waals surface area (Å²) in [5.41, 5.74) is -0.696. The van der Waals surface area contributed by atoms with Crippen molar-refractivity contribution in [3.8, 4) is 0 Å². The van der Waals surface area contributed by atoms with Gasteiger partial charge in [0.2, 0.25) is 11.9 Å². The molecular weight excluding hydrogens is 481 g/mol. The van der Waals surface area contributed by atoms with Crippen LogP contribution in [-0.2, 0) is 6.54 Å². The van der Waals surface area contributed by atoms with E-state index < -0.39 is 24.7 Å². The van der Waals surface area contributed by atoms with Crippen molar-refractivity contribution in [3.05, 3.63) is 40.8 Å². The number of rotatable bonds is 4. The standard InChI is InChI=1S/C18H16BrF3N8O/c19-10-7-24-30-14(10)27-16(29-6-5-17(31,9-29)18(20,21)22)28-15(30)23-8-13-25-11-3-1-2-4-12(11)26-13/h1-4,7,31H,5-6,8-9H2,(H,25,26)(H,23,27,28). The molecule has 0 amide bonds. The Kier molecular flexibility index (Phi) is 4.55. The molecule has 162 valence electrons. The predicted molar refractivity (Wildman–Crippen MR) is 110 cm³/mol. The van der Waals surface area contributed by atoms with Crippen molar-refractivity contribution in [2.24, 2.45) is 0 Å². The Balaban J connectivity index is 1.45. The minimum Gasteiger partial charge on any atom is -0.379 e. The number of H-pyrrole nitrogens is 1. The summed E-state index contributed by atoms with van der Waals surface area (Å²) in [6, 6.07) is 7.58. The summed E-state index contributed by atoms with van der Waals surface area (Å²) in [5, 5.41) is 17.3. The van der Waals surface area contributed by atoms with Crippen LogP contribution in [0.25, 0.3) is 16.7 Å². The highest BCUT2D eigenvalue weighted by Crippen LogP contribution is 2.38. The third-order valence-corrected chi connectivity index (χ3v) is 5.78. The summed E-state index contributed by atoms with van der Waals surface area (Å²) < 4.78 is 41.7. The number of hydrogen-bond acceptors (Lipinski definition) is 7. The number of aromatic nitrogens is 6. The van der Waals surface area contributed by atoms with Gasteiger partial charge in [-0.25, -0.2) is 4.98 Å². The van der Waals surface area contributed by atoms with E-state index in [0.29, 0.717) is 15.9 Å². The number of benzene rings is 1. The molecule has 3 aromatic heterocycles. The average molecular weight is 497 g/mol. The molecule has 3 N–H and O–H groups in total. The maximum Gasteiger partial charge on any atom is 0.419 e. The Morgan fingerprint density at radius 1 is 1.23 bits per heavy atom. The van der Waals surface area contributed by atoms with Crippen LogP contribution >= 0.6 is 15.9 Å². The number of β-amino-alcohol motifs (C(OH)–C–C–N with tert-alkyl or cyclic N) is 1. The molecule has 0 aliphatic carbocycles. The lowest BCUT2D eigenvalue weighted by Crippen LogP contribution is -2.47. The fourth-order valence-electron chi connectivity index (χ4n) is 3.54. The van der Waals surface area contributed by atoms with E-state index in [1.54, 1.807) is 0 Å². The second-order valence-corrected chi connectivity index (χ2v) is 8.18. The predicted octanol–water partition coefficient (Wildman–Crippen LogP) is 2.88. The number of fused-ring (bicyclic) bond motifs is 2. The van der Waals surface area contributed by atoms with Gasteiger partial charge >= 0.3 is 6.18 Å². The van der Waals surface area contributed by atoms with Crippen molar-refractivity contribution in [3.63, 3.8) is 0 Å². The first-order chi connectivity index (χ1) is 14.7. The van der Waals surface area contributed by atoms with E-state index in [2.05, 4.69) is 46.3 Å². The van der Waals surface area contributed by atoms with Crippen LogP contribution in [0.5, 0.6) is 0 Å².